The molecule has 2 rings (SSSR count). The average molecular weight is 411 g/mol. The third-order valence-electron chi connectivity index (χ3n) is 5.30. The van der Waals surface area contributed by atoms with Gasteiger partial charge in [-0.05, 0) is 43.3 Å². The van der Waals surface area contributed by atoms with Crippen LogP contribution in [0.25, 0.3) is 0 Å². The first-order valence-corrected chi connectivity index (χ1v) is 11.0. The fourth-order valence-electron chi connectivity index (χ4n) is 3.29. The molecular weight excluding hydrogens is 385 g/mol. The standard InChI is InChI=1S/C18H26BNO7S/c1-5-27-17(22)18(3,28(4,25)26)8-9-20-11-12(2)15-10-13(19(23)24)6-7-14(15)16(20)21/h6-7,10,12,23-24H,5,8-9,11H2,1-4H3/t12-,18?/m0/s1. The summed E-state index contributed by atoms with van der Waals surface area (Å²) in [5.74, 6) is -1.19. The van der Waals surface area contributed by atoms with E-state index in [1.807, 2.05) is 6.92 Å². The van der Waals surface area contributed by atoms with Crippen LogP contribution in [0.1, 0.15) is 49.0 Å². The van der Waals surface area contributed by atoms with Gasteiger partial charge in [-0.2, -0.15) is 0 Å². The molecule has 0 fully saturated rings. The lowest BCUT2D eigenvalue weighted by Crippen LogP contribution is -2.49. The molecular formula is C18H26BNO7S. The number of nitrogens with zero attached hydrogens (tertiary/aromatic N) is 1. The number of esters is 1. The predicted molar refractivity (Wildman–Crippen MR) is 105 cm³/mol. The van der Waals surface area contributed by atoms with E-state index >= 15 is 0 Å². The van der Waals surface area contributed by atoms with Crippen molar-refractivity contribution in [3.8, 4) is 0 Å². The molecule has 1 aliphatic rings. The van der Waals surface area contributed by atoms with Gasteiger partial charge in [0.15, 0.2) is 14.6 Å². The van der Waals surface area contributed by atoms with E-state index in [1.165, 1.54) is 24.0 Å². The van der Waals surface area contributed by atoms with E-state index in [0.29, 0.717) is 23.1 Å². The van der Waals surface area contributed by atoms with Crippen molar-refractivity contribution >= 4 is 34.3 Å². The zero-order chi connectivity index (χ0) is 21.3. The van der Waals surface area contributed by atoms with Gasteiger partial charge in [-0.15, -0.1) is 0 Å². The Balaban J connectivity index is 2.26. The highest BCUT2D eigenvalue weighted by Crippen LogP contribution is 2.29. The van der Waals surface area contributed by atoms with Crippen molar-refractivity contribution in [1.82, 2.24) is 4.90 Å². The predicted octanol–water partition coefficient (Wildman–Crippen LogP) is -0.318. The Labute approximate surface area is 165 Å². The second-order valence-corrected chi connectivity index (χ2v) is 9.79. The van der Waals surface area contributed by atoms with Crippen LogP contribution >= 0.6 is 0 Å². The summed E-state index contributed by atoms with van der Waals surface area (Å²) < 4.78 is 27.7. The molecule has 154 valence electrons. The van der Waals surface area contributed by atoms with E-state index in [-0.39, 0.29) is 31.4 Å². The minimum absolute atomic E-state index is 0.0655. The van der Waals surface area contributed by atoms with Crippen LogP contribution < -0.4 is 5.46 Å². The number of benzene rings is 1. The van der Waals surface area contributed by atoms with E-state index in [1.54, 1.807) is 13.0 Å². The fraction of sp³-hybridized carbons (Fsp3) is 0.556. The Morgan fingerprint density at radius 3 is 2.57 bits per heavy atom. The SMILES string of the molecule is CCOC(=O)C(C)(CCN1C[C@H](C)c2cc(B(O)O)ccc2C1=O)S(C)(=O)=O. The summed E-state index contributed by atoms with van der Waals surface area (Å²) in [4.78, 5) is 26.6. The van der Waals surface area contributed by atoms with Gasteiger partial charge < -0.3 is 19.7 Å². The second kappa shape index (κ2) is 8.22. The van der Waals surface area contributed by atoms with E-state index in [9.17, 15) is 28.1 Å². The van der Waals surface area contributed by atoms with Crippen molar-refractivity contribution in [1.29, 1.82) is 0 Å². The summed E-state index contributed by atoms with van der Waals surface area (Å²) in [6.45, 7) is 5.30. The fourth-order valence-corrected chi connectivity index (χ4v) is 4.11. The van der Waals surface area contributed by atoms with Gasteiger partial charge in [-0.25, -0.2) is 8.42 Å². The number of amides is 1. The van der Waals surface area contributed by atoms with Crippen molar-refractivity contribution < 1.29 is 32.8 Å². The molecule has 0 saturated heterocycles. The molecule has 8 nitrogen and oxygen atoms in total. The molecule has 2 atom stereocenters. The summed E-state index contributed by atoms with van der Waals surface area (Å²) in [5.41, 5.74) is 1.45. The second-order valence-electron chi connectivity index (χ2n) is 7.35. The molecule has 1 aromatic carbocycles. The molecule has 0 saturated carbocycles. The minimum Gasteiger partial charge on any atom is -0.465 e. The van der Waals surface area contributed by atoms with Crippen LogP contribution in [0.15, 0.2) is 18.2 Å². The lowest BCUT2D eigenvalue weighted by Gasteiger charge is -2.35. The van der Waals surface area contributed by atoms with Crippen molar-refractivity contribution in [2.75, 3.05) is 26.0 Å². The molecule has 10 heteroatoms. The van der Waals surface area contributed by atoms with Gasteiger partial charge in [0.2, 0.25) is 0 Å². The van der Waals surface area contributed by atoms with Crippen molar-refractivity contribution in [3.63, 3.8) is 0 Å². The van der Waals surface area contributed by atoms with Crippen LogP contribution in [-0.2, 0) is 19.4 Å². The van der Waals surface area contributed by atoms with E-state index in [0.717, 1.165) is 6.26 Å². The first kappa shape index (κ1) is 22.4. The van der Waals surface area contributed by atoms with Crippen molar-refractivity contribution in [3.05, 3.63) is 29.3 Å². The Morgan fingerprint density at radius 1 is 1.39 bits per heavy atom. The topological polar surface area (TPSA) is 121 Å². The van der Waals surface area contributed by atoms with Crippen LogP contribution in [0, 0.1) is 0 Å². The first-order valence-electron chi connectivity index (χ1n) is 9.08. The summed E-state index contributed by atoms with van der Waals surface area (Å²) >= 11 is 0. The molecule has 1 aliphatic heterocycles. The van der Waals surface area contributed by atoms with Gasteiger partial charge in [0.1, 0.15) is 0 Å². The van der Waals surface area contributed by atoms with Gasteiger partial charge >= 0.3 is 13.1 Å². The Hall–Kier alpha value is -1.91. The Morgan fingerprint density at radius 2 is 2.04 bits per heavy atom. The van der Waals surface area contributed by atoms with E-state index in [2.05, 4.69) is 0 Å². The summed E-state index contributed by atoms with van der Waals surface area (Å²) in [6, 6.07) is 4.60. The number of sulfone groups is 1. The lowest BCUT2D eigenvalue weighted by atomic mass is 9.76. The number of carbonyl (C=O) groups is 2. The molecule has 1 unspecified atom stereocenters. The van der Waals surface area contributed by atoms with Gasteiger partial charge in [0.25, 0.3) is 5.91 Å². The summed E-state index contributed by atoms with van der Waals surface area (Å²) in [6.07, 6.45) is 0.910. The lowest BCUT2D eigenvalue weighted by molar-refractivity contribution is -0.146. The molecule has 1 aromatic rings. The quantitative estimate of drug-likeness (QED) is 0.466. The molecule has 0 aliphatic carbocycles. The third kappa shape index (κ3) is 4.23. The largest absolute Gasteiger partial charge is 0.488 e. The molecule has 2 N–H and O–H groups in total. The number of fused-ring (bicyclic) bond motifs is 1. The maximum absolute atomic E-state index is 12.8. The maximum atomic E-state index is 12.8. The zero-order valence-corrected chi connectivity index (χ0v) is 17.3. The molecule has 0 spiro atoms. The van der Waals surface area contributed by atoms with Gasteiger partial charge in [-0.3, -0.25) is 9.59 Å². The molecule has 1 amide bonds. The van der Waals surface area contributed by atoms with Crippen LogP contribution in [0.5, 0.6) is 0 Å². The van der Waals surface area contributed by atoms with Crippen LogP contribution in [-0.4, -0.2) is 73.1 Å². The minimum atomic E-state index is -3.76. The molecule has 1 heterocycles. The van der Waals surface area contributed by atoms with Crippen LogP contribution in [0.3, 0.4) is 0 Å². The highest BCUT2D eigenvalue weighted by molar-refractivity contribution is 7.92. The maximum Gasteiger partial charge on any atom is 0.488 e. The molecule has 0 aromatic heterocycles. The molecule has 28 heavy (non-hydrogen) atoms. The van der Waals surface area contributed by atoms with Gasteiger partial charge in [0.05, 0.1) is 6.61 Å². The Bertz CT molecular complexity index is 871. The van der Waals surface area contributed by atoms with E-state index < -0.39 is 27.7 Å². The highest BCUT2D eigenvalue weighted by atomic mass is 32.2. The third-order valence-corrected chi connectivity index (χ3v) is 7.31. The van der Waals surface area contributed by atoms with E-state index in [4.69, 9.17) is 4.74 Å². The first-order chi connectivity index (χ1) is 12.9. The number of carbonyl (C=O) groups excluding carboxylic acids is 2. The monoisotopic (exact) mass is 411 g/mol. The summed E-state index contributed by atoms with van der Waals surface area (Å²) in [5, 5.41) is 18.7. The van der Waals surface area contributed by atoms with Crippen molar-refractivity contribution in [2.24, 2.45) is 0 Å². The highest BCUT2D eigenvalue weighted by Gasteiger charge is 2.45. The van der Waals surface area contributed by atoms with Crippen LogP contribution in [0.4, 0.5) is 0 Å². The Kier molecular flexibility index (Phi) is 6.57. The van der Waals surface area contributed by atoms with Crippen molar-refractivity contribution in [2.45, 2.75) is 37.9 Å². The zero-order valence-electron chi connectivity index (χ0n) is 16.5. The average Bonchev–Trinajstić information content (AvgIpc) is 2.61. The summed E-state index contributed by atoms with van der Waals surface area (Å²) in [7, 11) is -5.38. The number of ether oxygens (including phenoxy) is 1. The normalized spacial score (nSPS) is 19.0. The number of hydrogen-bond donors (Lipinski definition) is 2. The molecule has 0 bridgehead atoms. The smallest absolute Gasteiger partial charge is 0.465 e. The number of rotatable bonds is 7. The molecule has 0 radical (unpaired) electrons. The van der Waals surface area contributed by atoms with Gasteiger partial charge in [-0.1, -0.05) is 19.1 Å². The van der Waals surface area contributed by atoms with Crippen LogP contribution in [0.2, 0.25) is 0 Å². The number of hydrogen-bond acceptors (Lipinski definition) is 7. The van der Waals surface area contributed by atoms with Gasteiger partial charge in [0, 0.05) is 24.9 Å².